The van der Waals surface area contributed by atoms with E-state index in [1.807, 2.05) is 32.0 Å². The van der Waals surface area contributed by atoms with Crippen LogP contribution >= 0.6 is 11.3 Å². The third-order valence-electron chi connectivity index (χ3n) is 4.62. The molecular formula is C21H32N4OS. The van der Waals surface area contributed by atoms with Crippen LogP contribution in [0.1, 0.15) is 65.7 Å². The normalized spacial score (nSPS) is 10.8. The van der Waals surface area contributed by atoms with Gasteiger partial charge in [-0.1, -0.05) is 38.2 Å². The van der Waals surface area contributed by atoms with Gasteiger partial charge in [-0.05, 0) is 50.9 Å². The number of amides is 1. The third kappa shape index (κ3) is 7.31. The lowest BCUT2D eigenvalue weighted by atomic mass is 10.1. The van der Waals surface area contributed by atoms with Crippen LogP contribution in [0.15, 0.2) is 24.4 Å². The fourth-order valence-corrected chi connectivity index (χ4v) is 3.69. The molecule has 6 heteroatoms. The van der Waals surface area contributed by atoms with Gasteiger partial charge >= 0.3 is 0 Å². The summed E-state index contributed by atoms with van der Waals surface area (Å²) in [6.45, 7) is 5.70. The van der Waals surface area contributed by atoms with E-state index in [0.717, 1.165) is 42.1 Å². The number of anilines is 2. The summed E-state index contributed by atoms with van der Waals surface area (Å²) in [7, 11) is 0. The first-order chi connectivity index (χ1) is 13.1. The van der Waals surface area contributed by atoms with Crippen molar-refractivity contribution in [3.63, 3.8) is 0 Å². The molecule has 0 unspecified atom stereocenters. The summed E-state index contributed by atoms with van der Waals surface area (Å²) >= 11 is 1.48. The Bertz CT molecular complexity index is 714. The van der Waals surface area contributed by atoms with Crippen molar-refractivity contribution in [2.75, 3.05) is 23.7 Å². The van der Waals surface area contributed by atoms with Crippen molar-refractivity contribution in [2.24, 2.45) is 5.73 Å². The quantitative estimate of drug-likeness (QED) is 0.441. The molecule has 0 atom stereocenters. The summed E-state index contributed by atoms with van der Waals surface area (Å²) in [5.74, 6) is -0.108. The van der Waals surface area contributed by atoms with E-state index in [4.69, 9.17) is 5.73 Å². The lowest BCUT2D eigenvalue weighted by molar-refractivity contribution is 0.102. The van der Waals surface area contributed by atoms with Gasteiger partial charge < -0.3 is 11.1 Å². The van der Waals surface area contributed by atoms with Crippen LogP contribution < -0.4 is 16.4 Å². The van der Waals surface area contributed by atoms with Gasteiger partial charge in [-0.2, -0.15) is 0 Å². The molecule has 0 aliphatic rings. The average Bonchev–Trinajstić information content (AvgIpc) is 3.06. The summed E-state index contributed by atoms with van der Waals surface area (Å²) < 4.78 is 0. The maximum absolute atomic E-state index is 12.5. The van der Waals surface area contributed by atoms with Crippen molar-refractivity contribution in [3.05, 3.63) is 40.4 Å². The molecule has 5 nitrogen and oxygen atoms in total. The van der Waals surface area contributed by atoms with Crippen LogP contribution in [0.4, 0.5) is 10.8 Å². The first-order valence-electron chi connectivity index (χ1n) is 9.89. The van der Waals surface area contributed by atoms with Gasteiger partial charge in [0.25, 0.3) is 5.91 Å². The zero-order valence-corrected chi connectivity index (χ0v) is 17.3. The molecule has 0 aliphatic carbocycles. The standard InChI is InChI=1S/C21H32N4OS/c1-16-15-24-21(27-16)25-20(26)18-11-10-12-19(17(18)2)23-14-9-7-5-3-4-6-8-13-22/h10-12,15,23H,3-9,13-14,22H2,1-2H3,(H,24,25,26). The zero-order chi connectivity index (χ0) is 19.5. The van der Waals surface area contributed by atoms with Gasteiger partial charge in [-0.3, -0.25) is 10.1 Å². The van der Waals surface area contributed by atoms with Gasteiger partial charge in [0, 0.05) is 28.9 Å². The van der Waals surface area contributed by atoms with E-state index >= 15 is 0 Å². The highest BCUT2D eigenvalue weighted by molar-refractivity contribution is 7.15. The first kappa shape index (κ1) is 21.4. The minimum Gasteiger partial charge on any atom is -0.385 e. The number of hydrogen-bond acceptors (Lipinski definition) is 5. The van der Waals surface area contributed by atoms with E-state index in [0.29, 0.717) is 10.7 Å². The number of nitrogens with two attached hydrogens (primary N) is 1. The molecule has 4 N–H and O–H groups in total. The summed E-state index contributed by atoms with van der Waals surface area (Å²) in [5.41, 5.74) is 8.20. The van der Waals surface area contributed by atoms with Crippen LogP contribution in [0.2, 0.25) is 0 Å². The van der Waals surface area contributed by atoms with E-state index in [1.165, 1.54) is 43.4 Å². The Labute approximate surface area is 166 Å². The molecule has 0 aliphatic heterocycles. The summed E-state index contributed by atoms with van der Waals surface area (Å²) in [5, 5.41) is 7.00. The van der Waals surface area contributed by atoms with Crippen molar-refractivity contribution in [1.29, 1.82) is 0 Å². The molecule has 0 radical (unpaired) electrons. The van der Waals surface area contributed by atoms with Crippen LogP contribution in [-0.4, -0.2) is 24.0 Å². The van der Waals surface area contributed by atoms with Crippen molar-refractivity contribution >= 4 is 28.1 Å². The summed E-state index contributed by atoms with van der Waals surface area (Å²) in [6.07, 6.45) is 10.4. The van der Waals surface area contributed by atoms with Crippen LogP contribution in [0.5, 0.6) is 0 Å². The Kier molecular flexibility index (Phi) is 9.28. The molecule has 1 aromatic heterocycles. The number of unbranched alkanes of at least 4 members (excludes halogenated alkanes) is 6. The molecule has 0 saturated heterocycles. The number of carbonyl (C=O) groups is 1. The number of nitrogens with zero attached hydrogens (tertiary/aromatic N) is 1. The Morgan fingerprint density at radius 3 is 2.44 bits per heavy atom. The monoisotopic (exact) mass is 388 g/mol. The van der Waals surface area contributed by atoms with Gasteiger partial charge in [0.1, 0.15) is 0 Å². The van der Waals surface area contributed by atoms with Gasteiger partial charge in [-0.25, -0.2) is 4.98 Å². The van der Waals surface area contributed by atoms with Crippen LogP contribution in [0.25, 0.3) is 0 Å². The Hall–Kier alpha value is -1.92. The van der Waals surface area contributed by atoms with E-state index in [2.05, 4.69) is 15.6 Å². The Balaban J connectivity index is 1.76. The molecule has 0 spiro atoms. The van der Waals surface area contributed by atoms with Crippen molar-refractivity contribution in [2.45, 2.75) is 58.8 Å². The van der Waals surface area contributed by atoms with Crippen LogP contribution in [0, 0.1) is 13.8 Å². The van der Waals surface area contributed by atoms with E-state index in [-0.39, 0.29) is 5.91 Å². The predicted octanol–water partition coefficient (Wildman–Crippen LogP) is 5.11. The van der Waals surface area contributed by atoms with Gasteiger partial charge in [-0.15, -0.1) is 11.3 Å². The maximum atomic E-state index is 12.5. The zero-order valence-electron chi connectivity index (χ0n) is 16.5. The smallest absolute Gasteiger partial charge is 0.257 e. The molecule has 2 aromatic rings. The highest BCUT2D eigenvalue weighted by atomic mass is 32.1. The second-order valence-corrected chi connectivity index (χ2v) is 8.13. The molecule has 1 heterocycles. The summed E-state index contributed by atoms with van der Waals surface area (Å²) in [4.78, 5) is 17.8. The number of thiazole rings is 1. The lowest BCUT2D eigenvalue weighted by Gasteiger charge is -2.13. The van der Waals surface area contributed by atoms with Crippen molar-refractivity contribution in [3.8, 4) is 0 Å². The molecule has 1 amide bonds. The largest absolute Gasteiger partial charge is 0.385 e. The Morgan fingerprint density at radius 1 is 1.07 bits per heavy atom. The average molecular weight is 389 g/mol. The summed E-state index contributed by atoms with van der Waals surface area (Å²) in [6, 6.07) is 5.82. The lowest BCUT2D eigenvalue weighted by Crippen LogP contribution is -2.14. The number of carbonyl (C=O) groups excluding carboxylic acids is 1. The molecule has 0 fully saturated rings. The number of benzene rings is 1. The minimum absolute atomic E-state index is 0.108. The molecule has 2 rings (SSSR count). The predicted molar refractivity (Wildman–Crippen MR) is 116 cm³/mol. The highest BCUT2D eigenvalue weighted by Gasteiger charge is 2.13. The SMILES string of the molecule is Cc1cnc(NC(=O)c2cccc(NCCCCCCCCCN)c2C)s1. The van der Waals surface area contributed by atoms with E-state index in [9.17, 15) is 4.79 Å². The van der Waals surface area contributed by atoms with E-state index < -0.39 is 0 Å². The Morgan fingerprint density at radius 2 is 1.78 bits per heavy atom. The van der Waals surface area contributed by atoms with Gasteiger partial charge in [0.2, 0.25) is 0 Å². The number of hydrogen-bond donors (Lipinski definition) is 3. The molecular weight excluding hydrogens is 356 g/mol. The van der Waals surface area contributed by atoms with Crippen molar-refractivity contribution < 1.29 is 4.79 Å². The molecule has 148 valence electrons. The molecule has 1 aromatic carbocycles. The second kappa shape index (κ2) is 11.7. The number of nitrogens with one attached hydrogen (secondary N) is 2. The number of rotatable bonds is 12. The maximum Gasteiger partial charge on any atom is 0.257 e. The highest BCUT2D eigenvalue weighted by Crippen LogP contribution is 2.22. The van der Waals surface area contributed by atoms with Crippen LogP contribution in [-0.2, 0) is 0 Å². The topological polar surface area (TPSA) is 80.0 Å². The van der Waals surface area contributed by atoms with Crippen molar-refractivity contribution in [1.82, 2.24) is 4.98 Å². The fourth-order valence-electron chi connectivity index (χ4n) is 3.03. The minimum atomic E-state index is -0.108. The molecule has 27 heavy (non-hydrogen) atoms. The third-order valence-corrected chi connectivity index (χ3v) is 5.44. The number of aromatic nitrogens is 1. The van der Waals surface area contributed by atoms with Crippen LogP contribution in [0.3, 0.4) is 0 Å². The fraction of sp³-hybridized carbons (Fsp3) is 0.524. The molecule has 0 bridgehead atoms. The van der Waals surface area contributed by atoms with E-state index in [1.54, 1.807) is 6.20 Å². The van der Waals surface area contributed by atoms with Gasteiger partial charge in [0.05, 0.1) is 0 Å². The van der Waals surface area contributed by atoms with Gasteiger partial charge in [0.15, 0.2) is 5.13 Å². The molecule has 0 saturated carbocycles. The second-order valence-electron chi connectivity index (χ2n) is 6.90. The number of aryl methyl sites for hydroxylation is 1. The first-order valence-corrected chi connectivity index (χ1v) is 10.7.